The molecule has 0 spiro atoms. The van der Waals surface area contributed by atoms with Crippen LogP contribution in [0.2, 0.25) is 5.02 Å². The summed E-state index contributed by atoms with van der Waals surface area (Å²) >= 11 is 5.96. The van der Waals surface area contributed by atoms with Crippen LogP contribution in [0.25, 0.3) is 0 Å². The molecule has 0 amide bonds. The Morgan fingerprint density at radius 1 is 1.26 bits per heavy atom. The molecule has 0 bridgehead atoms. The lowest BCUT2D eigenvalue weighted by Crippen LogP contribution is -2.20. The number of carbonyl (C=O) groups excluding carboxylic acids is 1. The molecule has 144 valence electrons. The third-order valence-corrected chi connectivity index (χ3v) is 5.30. The third kappa shape index (κ3) is 5.39. The summed E-state index contributed by atoms with van der Waals surface area (Å²) in [5.41, 5.74) is 0.134. The first-order chi connectivity index (χ1) is 12.7. The highest BCUT2D eigenvalue weighted by Crippen LogP contribution is 2.27. The molecule has 0 aliphatic carbocycles. The van der Waals surface area contributed by atoms with E-state index >= 15 is 0 Å². The summed E-state index contributed by atoms with van der Waals surface area (Å²) in [4.78, 5) is 22.0. The van der Waals surface area contributed by atoms with Crippen LogP contribution in [0.15, 0.2) is 47.4 Å². The maximum atomic E-state index is 11.9. The second kappa shape index (κ2) is 8.80. The lowest BCUT2D eigenvalue weighted by atomic mass is 10.2. The summed E-state index contributed by atoms with van der Waals surface area (Å²) in [5, 5.41) is 14.2. The maximum Gasteiger partial charge on any atom is 0.325 e. The third-order valence-electron chi connectivity index (χ3n) is 3.51. The summed E-state index contributed by atoms with van der Waals surface area (Å²) in [6, 6.07) is 10.2. The van der Waals surface area contributed by atoms with Gasteiger partial charge in [0.05, 0.1) is 9.82 Å². The fraction of sp³-hybridized carbons (Fsp3) is 0.188. The molecule has 9 nitrogen and oxygen atoms in total. The minimum Gasteiger partial charge on any atom is -0.459 e. The number of rotatable bonds is 8. The number of hydrogen-bond acceptors (Lipinski definition) is 7. The maximum absolute atomic E-state index is 11.9. The molecule has 0 heterocycles. The Labute approximate surface area is 160 Å². The molecule has 0 fully saturated rings. The van der Waals surface area contributed by atoms with Crippen molar-refractivity contribution < 1.29 is 22.9 Å². The summed E-state index contributed by atoms with van der Waals surface area (Å²) in [6.45, 7) is -0.384. The number of hydrogen-bond donors (Lipinski definition) is 2. The van der Waals surface area contributed by atoms with E-state index in [0.29, 0.717) is 10.6 Å². The van der Waals surface area contributed by atoms with Crippen LogP contribution < -0.4 is 10.0 Å². The van der Waals surface area contributed by atoms with E-state index in [1.54, 1.807) is 24.3 Å². The zero-order chi connectivity index (χ0) is 20.0. The van der Waals surface area contributed by atoms with Gasteiger partial charge in [-0.2, -0.15) is 0 Å². The van der Waals surface area contributed by atoms with Crippen molar-refractivity contribution >= 4 is 39.0 Å². The fourth-order valence-electron chi connectivity index (χ4n) is 2.09. The number of anilines is 1. The first-order valence-electron chi connectivity index (χ1n) is 7.59. The van der Waals surface area contributed by atoms with Gasteiger partial charge in [0.2, 0.25) is 10.0 Å². The lowest BCUT2D eigenvalue weighted by molar-refractivity contribution is -0.384. The van der Waals surface area contributed by atoms with Crippen molar-refractivity contribution in [1.29, 1.82) is 0 Å². The van der Waals surface area contributed by atoms with Gasteiger partial charge in [-0.1, -0.05) is 29.8 Å². The van der Waals surface area contributed by atoms with E-state index in [0.717, 1.165) is 6.07 Å². The molecule has 0 aliphatic rings. The second-order valence-corrected chi connectivity index (χ2v) is 7.54. The van der Waals surface area contributed by atoms with Gasteiger partial charge in [-0.25, -0.2) is 13.1 Å². The number of esters is 1. The average Bonchev–Trinajstić information content (AvgIpc) is 2.65. The number of benzene rings is 2. The quantitative estimate of drug-likeness (QED) is 0.386. The number of sulfonamides is 1. The fourth-order valence-corrected chi connectivity index (χ4v) is 3.03. The zero-order valence-corrected chi connectivity index (χ0v) is 15.7. The highest BCUT2D eigenvalue weighted by atomic mass is 35.5. The number of nitro groups is 1. The van der Waals surface area contributed by atoms with Crippen LogP contribution in [0, 0.1) is 10.1 Å². The predicted octanol–water partition coefficient (Wildman–Crippen LogP) is 2.31. The summed E-state index contributed by atoms with van der Waals surface area (Å²) in [7, 11) is -2.64. The molecule has 0 aliphatic heterocycles. The molecule has 0 atom stereocenters. The Hall–Kier alpha value is -2.69. The standard InChI is InChI=1S/C16H16ClN3O6S/c1-18-27(24,25)12-6-7-14(15(8-12)20(22)23)19-9-16(21)26-10-11-4-2-3-5-13(11)17/h2-8,18-19H,9-10H2,1H3. The Morgan fingerprint density at radius 2 is 1.96 bits per heavy atom. The Kier molecular flexibility index (Phi) is 6.72. The van der Waals surface area contributed by atoms with Gasteiger partial charge in [0, 0.05) is 16.7 Å². The highest BCUT2D eigenvalue weighted by Gasteiger charge is 2.20. The summed E-state index contributed by atoms with van der Waals surface area (Å²) < 4.78 is 30.7. The Bertz CT molecular complexity index is 964. The Balaban J connectivity index is 2.05. The van der Waals surface area contributed by atoms with Crippen molar-refractivity contribution in [2.75, 3.05) is 18.9 Å². The van der Waals surface area contributed by atoms with Crippen LogP contribution >= 0.6 is 11.6 Å². The topological polar surface area (TPSA) is 128 Å². The lowest BCUT2D eigenvalue weighted by Gasteiger charge is -2.10. The smallest absolute Gasteiger partial charge is 0.325 e. The van der Waals surface area contributed by atoms with Gasteiger partial charge in [0.25, 0.3) is 5.69 Å². The van der Waals surface area contributed by atoms with Crippen LogP contribution in [-0.2, 0) is 26.2 Å². The largest absolute Gasteiger partial charge is 0.459 e. The molecule has 2 N–H and O–H groups in total. The van der Waals surface area contributed by atoms with Gasteiger partial charge in [0.15, 0.2) is 0 Å². The van der Waals surface area contributed by atoms with Crippen molar-refractivity contribution in [2.24, 2.45) is 0 Å². The van der Waals surface area contributed by atoms with Gasteiger partial charge in [-0.3, -0.25) is 14.9 Å². The van der Waals surface area contributed by atoms with E-state index in [4.69, 9.17) is 16.3 Å². The molecule has 0 saturated heterocycles. The van der Waals surface area contributed by atoms with Crippen molar-refractivity contribution in [3.8, 4) is 0 Å². The highest BCUT2D eigenvalue weighted by molar-refractivity contribution is 7.89. The molecule has 2 rings (SSSR count). The van der Waals surface area contributed by atoms with E-state index in [9.17, 15) is 23.3 Å². The average molecular weight is 414 g/mol. The van der Waals surface area contributed by atoms with Gasteiger partial charge in [-0.15, -0.1) is 0 Å². The molecule has 11 heteroatoms. The molecule has 27 heavy (non-hydrogen) atoms. The van der Waals surface area contributed by atoms with Crippen molar-refractivity contribution in [3.63, 3.8) is 0 Å². The summed E-state index contributed by atoms with van der Waals surface area (Å²) in [5.74, 6) is -0.656. The summed E-state index contributed by atoms with van der Waals surface area (Å²) in [6.07, 6.45) is 0. The molecule has 0 saturated carbocycles. The minimum absolute atomic E-state index is 0.00949. The predicted molar refractivity (Wildman–Crippen MR) is 99.1 cm³/mol. The van der Waals surface area contributed by atoms with Crippen LogP contribution in [0.4, 0.5) is 11.4 Å². The van der Waals surface area contributed by atoms with Crippen molar-refractivity contribution in [2.45, 2.75) is 11.5 Å². The molecule has 0 aromatic heterocycles. The molecule has 0 radical (unpaired) electrons. The molecular weight excluding hydrogens is 398 g/mol. The molecule has 0 unspecified atom stereocenters. The normalized spacial score (nSPS) is 11.0. The monoisotopic (exact) mass is 413 g/mol. The Morgan fingerprint density at radius 3 is 2.59 bits per heavy atom. The first-order valence-corrected chi connectivity index (χ1v) is 9.45. The van der Waals surface area contributed by atoms with Gasteiger partial charge >= 0.3 is 5.97 Å². The van der Waals surface area contributed by atoms with Crippen LogP contribution in [0.1, 0.15) is 5.56 Å². The van der Waals surface area contributed by atoms with E-state index in [-0.39, 0.29) is 23.7 Å². The molecule has 2 aromatic rings. The van der Waals surface area contributed by atoms with Gasteiger partial charge in [0.1, 0.15) is 18.8 Å². The van der Waals surface area contributed by atoms with E-state index < -0.39 is 26.6 Å². The SMILES string of the molecule is CNS(=O)(=O)c1ccc(NCC(=O)OCc2ccccc2Cl)c([N+](=O)[O-])c1. The van der Waals surface area contributed by atoms with Gasteiger partial charge in [-0.05, 0) is 25.2 Å². The van der Waals surface area contributed by atoms with Gasteiger partial charge < -0.3 is 10.1 Å². The number of nitrogens with one attached hydrogen (secondary N) is 2. The molecular formula is C16H16ClN3O6S. The number of carbonyl (C=O) groups is 1. The van der Waals surface area contributed by atoms with Crippen LogP contribution in [-0.4, -0.2) is 32.9 Å². The number of nitrogens with zero attached hydrogens (tertiary/aromatic N) is 1. The zero-order valence-electron chi connectivity index (χ0n) is 14.1. The number of nitro benzene ring substituents is 1. The number of ether oxygens (including phenoxy) is 1. The van der Waals surface area contributed by atoms with Crippen molar-refractivity contribution in [1.82, 2.24) is 4.72 Å². The van der Waals surface area contributed by atoms with Crippen molar-refractivity contribution in [3.05, 3.63) is 63.2 Å². The van der Waals surface area contributed by atoms with Crippen LogP contribution in [0.3, 0.4) is 0 Å². The first kappa shape index (κ1) is 20.6. The van der Waals surface area contributed by atoms with E-state index in [1.165, 1.54) is 19.2 Å². The van der Waals surface area contributed by atoms with E-state index in [2.05, 4.69) is 10.0 Å². The number of halogens is 1. The minimum atomic E-state index is -3.83. The second-order valence-electron chi connectivity index (χ2n) is 5.25. The molecule has 2 aromatic carbocycles. The van der Waals surface area contributed by atoms with Crippen LogP contribution in [0.5, 0.6) is 0 Å². The van der Waals surface area contributed by atoms with E-state index in [1.807, 2.05) is 0 Å².